The van der Waals surface area contributed by atoms with Crippen LogP contribution in [0.4, 0.5) is 0 Å². The van der Waals surface area contributed by atoms with Crippen molar-refractivity contribution in [2.45, 2.75) is 46.6 Å². The third-order valence-corrected chi connectivity index (χ3v) is 4.69. The number of rotatable bonds is 7. The molecule has 0 bridgehead atoms. The number of benzene rings is 2. The van der Waals surface area contributed by atoms with Crippen LogP contribution in [0.1, 0.15) is 56.1 Å². The van der Waals surface area contributed by atoms with Gasteiger partial charge in [0.05, 0.1) is 7.11 Å². The second-order valence-electron chi connectivity index (χ2n) is 7.57. The van der Waals surface area contributed by atoms with Gasteiger partial charge in [-0.05, 0) is 55.2 Å². The Morgan fingerprint density at radius 3 is 2.15 bits per heavy atom. The number of nitrogens with zero attached hydrogens (tertiary/aromatic N) is 1. The summed E-state index contributed by atoms with van der Waals surface area (Å²) in [5.74, 6) is 1.54. The van der Waals surface area contributed by atoms with Crippen LogP contribution >= 0.6 is 0 Å². The van der Waals surface area contributed by atoms with Crippen LogP contribution in [0.5, 0.6) is 11.5 Å². The van der Waals surface area contributed by atoms with E-state index in [1.54, 1.807) is 18.1 Å². The number of methoxy groups -OCH3 is 1. The van der Waals surface area contributed by atoms with Gasteiger partial charge in [-0.15, -0.1) is 0 Å². The van der Waals surface area contributed by atoms with Crippen molar-refractivity contribution in [2.75, 3.05) is 20.2 Å². The predicted molar refractivity (Wildman–Crippen MR) is 110 cm³/mol. The van der Waals surface area contributed by atoms with Crippen LogP contribution in [0, 0.1) is 0 Å². The summed E-state index contributed by atoms with van der Waals surface area (Å²) in [6, 6.07) is 13.7. The van der Waals surface area contributed by atoms with Crippen LogP contribution < -0.4 is 9.47 Å². The molecule has 4 heteroatoms. The van der Waals surface area contributed by atoms with Crippen molar-refractivity contribution in [1.82, 2.24) is 4.90 Å². The Morgan fingerprint density at radius 1 is 1.00 bits per heavy atom. The fourth-order valence-electron chi connectivity index (χ4n) is 2.93. The van der Waals surface area contributed by atoms with Crippen molar-refractivity contribution in [2.24, 2.45) is 0 Å². The molecule has 0 unspecified atom stereocenters. The van der Waals surface area contributed by atoms with Crippen molar-refractivity contribution >= 4 is 5.91 Å². The van der Waals surface area contributed by atoms with Gasteiger partial charge in [-0.3, -0.25) is 4.79 Å². The number of carbonyl (C=O) groups is 1. The Bertz CT molecular complexity index is 756. The Balaban J connectivity index is 2.17. The van der Waals surface area contributed by atoms with Gasteiger partial charge >= 0.3 is 0 Å². The van der Waals surface area contributed by atoms with Gasteiger partial charge in [0.25, 0.3) is 5.91 Å². The molecule has 4 nitrogen and oxygen atoms in total. The van der Waals surface area contributed by atoms with Gasteiger partial charge in [-0.25, -0.2) is 0 Å². The number of hydrogen-bond donors (Lipinski definition) is 0. The standard InChI is InChI=1S/C23H31NO3/c1-7-24(8-2)22(25)17-9-14-21(26-6)18(15-17)16-27-20-12-10-19(11-13-20)23(3,4)5/h9-15H,7-8,16H2,1-6H3. The van der Waals surface area contributed by atoms with Gasteiger partial charge in [-0.1, -0.05) is 32.9 Å². The lowest BCUT2D eigenvalue weighted by molar-refractivity contribution is 0.0772. The number of hydrogen-bond acceptors (Lipinski definition) is 3. The van der Waals surface area contributed by atoms with E-state index in [0.717, 1.165) is 17.1 Å². The smallest absolute Gasteiger partial charge is 0.253 e. The van der Waals surface area contributed by atoms with E-state index in [4.69, 9.17) is 9.47 Å². The van der Waals surface area contributed by atoms with Gasteiger partial charge in [0.15, 0.2) is 0 Å². The second-order valence-corrected chi connectivity index (χ2v) is 7.57. The Kier molecular flexibility index (Phi) is 6.89. The molecule has 1 amide bonds. The predicted octanol–water partition coefficient (Wildman–Crippen LogP) is 5.05. The number of carbonyl (C=O) groups excluding carboxylic acids is 1. The van der Waals surface area contributed by atoms with Crippen LogP contribution in [0.2, 0.25) is 0 Å². The minimum absolute atomic E-state index is 0.0263. The quantitative estimate of drug-likeness (QED) is 0.685. The average molecular weight is 370 g/mol. The van der Waals surface area contributed by atoms with E-state index >= 15 is 0 Å². The molecule has 0 saturated heterocycles. The molecule has 2 rings (SSSR count). The van der Waals surface area contributed by atoms with Gasteiger partial charge in [0.1, 0.15) is 18.1 Å². The van der Waals surface area contributed by atoms with Crippen LogP contribution in [-0.2, 0) is 12.0 Å². The van der Waals surface area contributed by atoms with Crippen LogP contribution in [0.3, 0.4) is 0 Å². The molecule has 27 heavy (non-hydrogen) atoms. The zero-order chi connectivity index (χ0) is 20.0. The fraction of sp³-hybridized carbons (Fsp3) is 0.435. The first kappa shape index (κ1) is 20.8. The lowest BCUT2D eigenvalue weighted by Crippen LogP contribution is -2.30. The molecule has 0 heterocycles. The Hall–Kier alpha value is -2.49. The zero-order valence-electron chi connectivity index (χ0n) is 17.3. The molecule has 0 radical (unpaired) electrons. The van der Waals surface area contributed by atoms with Crippen molar-refractivity contribution < 1.29 is 14.3 Å². The second kappa shape index (κ2) is 8.94. The third kappa shape index (κ3) is 5.25. The molecule has 0 aliphatic heterocycles. The summed E-state index contributed by atoms with van der Waals surface area (Å²) in [6.45, 7) is 12.2. The first-order valence-electron chi connectivity index (χ1n) is 9.49. The van der Waals surface area contributed by atoms with Crippen LogP contribution in [0.25, 0.3) is 0 Å². The summed E-state index contributed by atoms with van der Waals surface area (Å²) in [7, 11) is 1.63. The van der Waals surface area contributed by atoms with Crippen molar-refractivity contribution in [3.05, 3.63) is 59.2 Å². The molecule has 0 saturated carbocycles. The van der Waals surface area contributed by atoms with E-state index in [-0.39, 0.29) is 11.3 Å². The van der Waals surface area contributed by atoms with Gasteiger partial charge < -0.3 is 14.4 Å². The number of amides is 1. The molecule has 0 spiro atoms. The Morgan fingerprint density at radius 2 is 1.63 bits per heavy atom. The van der Waals surface area contributed by atoms with E-state index in [9.17, 15) is 4.79 Å². The van der Waals surface area contributed by atoms with E-state index in [0.29, 0.717) is 25.3 Å². The first-order valence-corrected chi connectivity index (χ1v) is 9.49. The SMILES string of the molecule is CCN(CC)C(=O)c1ccc(OC)c(COc2ccc(C(C)(C)C)cc2)c1. The van der Waals surface area contributed by atoms with Crippen LogP contribution in [0.15, 0.2) is 42.5 Å². The van der Waals surface area contributed by atoms with Gasteiger partial charge in [-0.2, -0.15) is 0 Å². The molecule has 2 aromatic carbocycles. The molecule has 0 N–H and O–H groups in total. The number of ether oxygens (including phenoxy) is 2. The molecule has 0 aromatic heterocycles. The zero-order valence-corrected chi connectivity index (χ0v) is 17.3. The lowest BCUT2D eigenvalue weighted by atomic mass is 9.87. The largest absolute Gasteiger partial charge is 0.496 e. The highest BCUT2D eigenvalue weighted by Crippen LogP contribution is 2.26. The molecule has 0 fully saturated rings. The molecule has 2 aromatic rings. The monoisotopic (exact) mass is 369 g/mol. The normalized spacial score (nSPS) is 11.2. The van der Waals surface area contributed by atoms with E-state index in [2.05, 4.69) is 32.9 Å². The molecular formula is C23H31NO3. The maximum Gasteiger partial charge on any atom is 0.253 e. The molecule has 0 aliphatic rings. The fourth-order valence-corrected chi connectivity index (χ4v) is 2.93. The summed E-state index contributed by atoms with van der Waals surface area (Å²) in [6.07, 6.45) is 0. The minimum Gasteiger partial charge on any atom is -0.496 e. The minimum atomic E-state index is 0.0263. The van der Waals surface area contributed by atoms with E-state index in [1.807, 2.05) is 38.1 Å². The highest BCUT2D eigenvalue weighted by Gasteiger charge is 2.16. The Labute approximate surface area is 163 Å². The summed E-state index contributed by atoms with van der Waals surface area (Å²) < 4.78 is 11.4. The third-order valence-electron chi connectivity index (χ3n) is 4.69. The topological polar surface area (TPSA) is 38.8 Å². The van der Waals surface area contributed by atoms with Crippen molar-refractivity contribution in [3.63, 3.8) is 0 Å². The molecule has 0 atom stereocenters. The highest BCUT2D eigenvalue weighted by molar-refractivity contribution is 5.94. The molecule has 0 aliphatic carbocycles. The lowest BCUT2D eigenvalue weighted by Gasteiger charge is -2.20. The summed E-state index contributed by atoms with van der Waals surface area (Å²) in [4.78, 5) is 14.4. The maximum atomic E-state index is 12.6. The molecule has 146 valence electrons. The summed E-state index contributed by atoms with van der Waals surface area (Å²) in [5, 5.41) is 0. The van der Waals surface area contributed by atoms with Crippen molar-refractivity contribution in [3.8, 4) is 11.5 Å². The average Bonchev–Trinajstić information content (AvgIpc) is 2.66. The summed E-state index contributed by atoms with van der Waals surface area (Å²) in [5.41, 5.74) is 2.89. The van der Waals surface area contributed by atoms with E-state index in [1.165, 1.54) is 5.56 Å². The van der Waals surface area contributed by atoms with Gasteiger partial charge in [0, 0.05) is 24.2 Å². The summed E-state index contributed by atoms with van der Waals surface area (Å²) >= 11 is 0. The van der Waals surface area contributed by atoms with Gasteiger partial charge in [0.2, 0.25) is 0 Å². The molecular weight excluding hydrogens is 338 g/mol. The first-order chi connectivity index (χ1) is 12.8. The van der Waals surface area contributed by atoms with Crippen molar-refractivity contribution in [1.29, 1.82) is 0 Å². The van der Waals surface area contributed by atoms with E-state index < -0.39 is 0 Å². The maximum absolute atomic E-state index is 12.6. The van der Waals surface area contributed by atoms with Crippen LogP contribution in [-0.4, -0.2) is 31.0 Å². The highest BCUT2D eigenvalue weighted by atomic mass is 16.5.